The quantitative estimate of drug-likeness (QED) is 0.782. The number of amides is 2. The molecular weight excluding hydrogens is 390 g/mol. The topological polar surface area (TPSA) is 78.4 Å². The highest BCUT2D eigenvalue weighted by Gasteiger charge is 2.28. The van der Waals surface area contributed by atoms with Crippen LogP contribution in [0, 0.1) is 0 Å². The fraction of sp³-hybridized carbons (Fsp3) is 0.333. The van der Waals surface area contributed by atoms with Gasteiger partial charge in [0.25, 0.3) is 5.91 Å². The standard InChI is InChI=1S/C21H22ClN5O2/c1-2-19(28)26-7-5-14-9-15(3-4-16(14)12-26)20(29)27-8-6-18(13-27)25-21-23-10-17(22)11-24-21/h2-4,9-11,18H,1,5-8,12-13H2,(H,23,24,25). The van der Waals surface area contributed by atoms with E-state index in [-0.39, 0.29) is 17.9 Å². The number of nitrogens with one attached hydrogen (secondary N) is 1. The minimum Gasteiger partial charge on any atom is -0.350 e. The first-order valence-electron chi connectivity index (χ1n) is 9.60. The molecule has 29 heavy (non-hydrogen) atoms. The number of likely N-dealkylation sites (tertiary alicyclic amines) is 1. The lowest BCUT2D eigenvalue weighted by atomic mass is 9.96. The summed E-state index contributed by atoms with van der Waals surface area (Å²) in [4.78, 5) is 36.7. The second-order valence-corrected chi connectivity index (χ2v) is 7.74. The van der Waals surface area contributed by atoms with Crippen LogP contribution in [-0.4, -0.2) is 57.3 Å². The van der Waals surface area contributed by atoms with E-state index < -0.39 is 0 Å². The van der Waals surface area contributed by atoms with Crippen molar-refractivity contribution >= 4 is 29.4 Å². The van der Waals surface area contributed by atoms with Crippen LogP contribution in [0.4, 0.5) is 5.95 Å². The van der Waals surface area contributed by atoms with Crippen molar-refractivity contribution in [2.24, 2.45) is 0 Å². The van der Waals surface area contributed by atoms with E-state index in [1.807, 2.05) is 23.1 Å². The number of hydrogen-bond donors (Lipinski definition) is 1. The van der Waals surface area contributed by atoms with E-state index in [1.165, 1.54) is 6.08 Å². The van der Waals surface area contributed by atoms with E-state index in [2.05, 4.69) is 21.9 Å². The van der Waals surface area contributed by atoms with Gasteiger partial charge in [-0.25, -0.2) is 9.97 Å². The first-order valence-corrected chi connectivity index (χ1v) is 9.98. The molecule has 1 aromatic heterocycles. The Kier molecular flexibility index (Phi) is 5.49. The van der Waals surface area contributed by atoms with Crippen LogP contribution < -0.4 is 5.32 Å². The summed E-state index contributed by atoms with van der Waals surface area (Å²) in [5.41, 5.74) is 2.91. The summed E-state index contributed by atoms with van der Waals surface area (Å²) < 4.78 is 0. The van der Waals surface area contributed by atoms with Crippen molar-refractivity contribution < 1.29 is 9.59 Å². The predicted molar refractivity (Wildman–Crippen MR) is 111 cm³/mol. The molecule has 1 fully saturated rings. The molecule has 1 atom stereocenters. The van der Waals surface area contributed by atoms with Crippen LogP contribution in [0.3, 0.4) is 0 Å². The van der Waals surface area contributed by atoms with Crippen molar-refractivity contribution in [2.45, 2.75) is 25.4 Å². The smallest absolute Gasteiger partial charge is 0.253 e. The molecule has 0 aliphatic carbocycles. The van der Waals surface area contributed by atoms with Gasteiger partial charge in [-0.2, -0.15) is 0 Å². The van der Waals surface area contributed by atoms with Crippen molar-refractivity contribution in [1.82, 2.24) is 19.8 Å². The summed E-state index contributed by atoms with van der Waals surface area (Å²) in [5.74, 6) is 0.482. The second-order valence-electron chi connectivity index (χ2n) is 7.30. The molecule has 2 aliphatic heterocycles. The van der Waals surface area contributed by atoms with Crippen molar-refractivity contribution in [2.75, 3.05) is 25.0 Å². The molecule has 3 heterocycles. The molecule has 8 heteroatoms. The Morgan fingerprint density at radius 1 is 1.17 bits per heavy atom. The van der Waals surface area contributed by atoms with Gasteiger partial charge in [0.1, 0.15) is 0 Å². The average molecular weight is 412 g/mol. The van der Waals surface area contributed by atoms with E-state index >= 15 is 0 Å². The molecule has 1 N–H and O–H groups in total. The first-order chi connectivity index (χ1) is 14.0. The predicted octanol–water partition coefficient (Wildman–Crippen LogP) is 2.53. The number of anilines is 1. The zero-order valence-corrected chi connectivity index (χ0v) is 16.7. The van der Waals surface area contributed by atoms with E-state index in [1.54, 1.807) is 17.3 Å². The van der Waals surface area contributed by atoms with E-state index in [9.17, 15) is 9.59 Å². The van der Waals surface area contributed by atoms with Crippen LogP contribution in [0.15, 0.2) is 43.2 Å². The Labute approximate surface area is 174 Å². The van der Waals surface area contributed by atoms with Gasteiger partial charge >= 0.3 is 0 Å². The second kappa shape index (κ2) is 8.21. The third kappa shape index (κ3) is 4.24. The minimum atomic E-state index is -0.0592. The summed E-state index contributed by atoms with van der Waals surface area (Å²) in [6, 6.07) is 5.89. The lowest BCUT2D eigenvalue weighted by Gasteiger charge is -2.28. The Morgan fingerprint density at radius 3 is 2.72 bits per heavy atom. The van der Waals surface area contributed by atoms with E-state index in [4.69, 9.17) is 11.6 Å². The number of hydrogen-bond acceptors (Lipinski definition) is 5. The fourth-order valence-corrected chi connectivity index (χ4v) is 3.92. The monoisotopic (exact) mass is 411 g/mol. The maximum absolute atomic E-state index is 13.0. The summed E-state index contributed by atoms with van der Waals surface area (Å²) in [6.07, 6.45) is 6.02. The number of carbonyl (C=O) groups excluding carboxylic acids is 2. The van der Waals surface area contributed by atoms with Crippen LogP contribution in [0.5, 0.6) is 0 Å². The molecule has 2 aromatic rings. The summed E-state index contributed by atoms with van der Waals surface area (Å²) >= 11 is 5.81. The molecule has 1 aromatic carbocycles. The molecule has 1 saturated heterocycles. The molecule has 7 nitrogen and oxygen atoms in total. The van der Waals surface area contributed by atoms with Crippen LogP contribution in [0.25, 0.3) is 0 Å². The maximum atomic E-state index is 13.0. The molecule has 150 valence electrons. The SMILES string of the molecule is C=CC(=O)N1CCc2cc(C(=O)N3CCC(Nc4ncc(Cl)cn4)C3)ccc2C1. The van der Waals surface area contributed by atoms with E-state index in [0.717, 1.165) is 24.0 Å². The van der Waals surface area contributed by atoms with Gasteiger partial charge in [-0.1, -0.05) is 24.2 Å². The third-order valence-electron chi connectivity index (χ3n) is 5.38. The fourth-order valence-electron chi connectivity index (χ4n) is 3.82. The Balaban J connectivity index is 1.39. The molecule has 0 radical (unpaired) electrons. The van der Waals surface area contributed by atoms with Gasteiger partial charge in [0.2, 0.25) is 11.9 Å². The number of halogens is 1. The highest BCUT2D eigenvalue weighted by atomic mass is 35.5. The normalized spacial score (nSPS) is 18.3. The Hall–Kier alpha value is -2.93. The highest BCUT2D eigenvalue weighted by molar-refractivity contribution is 6.30. The number of rotatable bonds is 4. The van der Waals surface area contributed by atoms with Crippen LogP contribution in [0.2, 0.25) is 5.02 Å². The number of carbonyl (C=O) groups is 2. The lowest BCUT2D eigenvalue weighted by Crippen LogP contribution is -2.35. The van der Waals surface area contributed by atoms with E-state index in [0.29, 0.717) is 42.7 Å². The van der Waals surface area contributed by atoms with Crippen LogP contribution in [0.1, 0.15) is 27.9 Å². The average Bonchev–Trinajstić information content (AvgIpc) is 3.22. The Morgan fingerprint density at radius 2 is 1.97 bits per heavy atom. The largest absolute Gasteiger partial charge is 0.350 e. The number of benzene rings is 1. The molecular formula is C21H22ClN5O2. The molecule has 4 rings (SSSR count). The summed E-state index contributed by atoms with van der Waals surface area (Å²) in [6.45, 7) is 6.04. The third-order valence-corrected chi connectivity index (χ3v) is 5.58. The Bertz CT molecular complexity index is 947. The van der Waals surface area contributed by atoms with Gasteiger partial charge in [0, 0.05) is 37.8 Å². The van der Waals surface area contributed by atoms with Crippen molar-refractivity contribution in [3.05, 3.63) is 65.0 Å². The number of fused-ring (bicyclic) bond motifs is 1. The van der Waals surface area contributed by atoms with Gasteiger partial charge < -0.3 is 15.1 Å². The van der Waals surface area contributed by atoms with Gasteiger partial charge in [0.15, 0.2) is 0 Å². The summed E-state index contributed by atoms with van der Waals surface area (Å²) in [7, 11) is 0. The molecule has 2 aliphatic rings. The van der Waals surface area contributed by atoms with Gasteiger partial charge in [-0.15, -0.1) is 0 Å². The summed E-state index contributed by atoms with van der Waals surface area (Å²) in [5, 5.41) is 3.74. The van der Waals surface area contributed by atoms with Crippen molar-refractivity contribution in [3.63, 3.8) is 0 Å². The van der Waals surface area contributed by atoms with Crippen molar-refractivity contribution in [3.8, 4) is 0 Å². The maximum Gasteiger partial charge on any atom is 0.253 e. The molecule has 0 spiro atoms. The zero-order chi connectivity index (χ0) is 20.4. The van der Waals surface area contributed by atoms with Crippen LogP contribution in [-0.2, 0) is 17.8 Å². The zero-order valence-electron chi connectivity index (χ0n) is 16.0. The number of nitrogens with zero attached hydrogens (tertiary/aromatic N) is 4. The minimum absolute atomic E-state index is 0.0266. The first kappa shape index (κ1) is 19.4. The van der Waals surface area contributed by atoms with Gasteiger partial charge in [-0.3, -0.25) is 9.59 Å². The molecule has 2 amide bonds. The van der Waals surface area contributed by atoms with Gasteiger partial charge in [-0.05, 0) is 42.2 Å². The van der Waals surface area contributed by atoms with Crippen molar-refractivity contribution in [1.29, 1.82) is 0 Å². The van der Waals surface area contributed by atoms with Gasteiger partial charge in [0.05, 0.1) is 17.4 Å². The number of aromatic nitrogens is 2. The molecule has 1 unspecified atom stereocenters. The van der Waals surface area contributed by atoms with Crippen LogP contribution >= 0.6 is 11.6 Å². The molecule has 0 bridgehead atoms. The lowest BCUT2D eigenvalue weighted by molar-refractivity contribution is -0.126. The highest BCUT2D eigenvalue weighted by Crippen LogP contribution is 2.23. The molecule has 0 saturated carbocycles.